The molecule has 78 valence electrons. The lowest BCUT2D eigenvalue weighted by Gasteiger charge is -2.00. The van der Waals surface area contributed by atoms with Gasteiger partial charge in [0.1, 0.15) is 5.82 Å². The van der Waals surface area contributed by atoms with Gasteiger partial charge in [-0.1, -0.05) is 15.9 Å². The van der Waals surface area contributed by atoms with Crippen molar-refractivity contribution in [2.24, 2.45) is 5.73 Å². The van der Waals surface area contributed by atoms with Crippen molar-refractivity contribution in [2.45, 2.75) is 6.54 Å². The minimum Gasteiger partial charge on any atom is -0.326 e. The second-order valence-corrected chi connectivity index (χ2v) is 5.04. The molecule has 2 rings (SSSR count). The van der Waals surface area contributed by atoms with Gasteiger partial charge >= 0.3 is 0 Å². The fourth-order valence-corrected chi connectivity index (χ4v) is 2.47. The maximum absolute atomic E-state index is 13.5. The molecular weight excluding hydrogens is 277 g/mol. The van der Waals surface area contributed by atoms with Gasteiger partial charge in [-0.2, -0.15) is 0 Å². The summed E-state index contributed by atoms with van der Waals surface area (Å²) in [5.41, 5.74) is 7.02. The van der Waals surface area contributed by atoms with Gasteiger partial charge in [0.05, 0.1) is 0 Å². The van der Waals surface area contributed by atoms with E-state index in [0.717, 1.165) is 14.9 Å². The molecule has 0 saturated heterocycles. The number of hydrogen-bond donors (Lipinski definition) is 1. The van der Waals surface area contributed by atoms with Gasteiger partial charge in [-0.25, -0.2) is 4.39 Å². The van der Waals surface area contributed by atoms with E-state index in [1.165, 1.54) is 6.07 Å². The van der Waals surface area contributed by atoms with Crippen molar-refractivity contribution in [2.75, 3.05) is 0 Å². The van der Waals surface area contributed by atoms with Crippen LogP contribution in [0.15, 0.2) is 34.1 Å². The van der Waals surface area contributed by atoms with E-state index in [0.29, 0.717) is 12.1 Å². The second kappa shape index (κ2) is 4.43. The van der Waals surface area contributed by atoms with Gasteiger partial charge in [0.25, 0.3) is 0 Å². The molecule has 0 saturated carbocycles. The Bertz CT molecular complexity index is 481. The molecule has 0 fully saturated rings. The molecule has 15 heavy (non-hydrogen) atoms. The first-order valence-corrected chi connectivity index (χ1v) is 6.11. The van der Waals surface area contributed by atoms with Crippen LogP contribution < -0.4 is 5.73 Å². The fraction of sp³-hybridized carbons (Fsp3) is 0.0909. The van der Waals surface area contributed by atoms with E-state index in [4.69, 9.17) is 5.73 Å². The summed E-state index contributed by atoms with van der Waals surface area (Å²) in [6, 6.07) is 6.85. The Morgan fingerprint density at radius 1 is 1.33 bits per heavy atom. The lowest BCUT2D eigenvalue weighted by atomic mass is 10.1. The first-order chi connectivity index (χ1) is 7.20. The molecule has 0 atom stereocenters. The highest BCUT2D eigenvalue weighted by molar-refractivity contribution is 9.10. The number of hydrogen-bond acceptors (Lipinski definition) is 2. The molecule has 0 amide bonds. The number of thiophene rings is 1. The monoisotopic (exact) mass is 285 g/mol. The summed E-state index contributed by atoms with van der Waals surface area (Å²) < 4.78 is 14.4. The molecule has 1 aromatic heterocycles. The summed E-state index contributed by atoms with van der Waals surface area (Å²) in [5, 5.41) is 1.92. The summed E-state index contributed by atoms with van der Waals surface area (Å²) >= 11 is 4.88. The Hall–Kier alpha value is -0.710. The van der Waals surface area contributed by atoms with Crippen LogP contribution in [0.3, 0.4) is 0 Å². The molecule has 0 aliphatic heterocycles. The molecule has 2 N–H and O–H groups in total. The normalized spacial score (nSPS) is 10.6. The summed E-state index contributed by atoms with van der Waals surface area (Å²) in [5.74, 6) is -0.209. The predicted molar refractivity (Wildman–Crippen MR) is 65.3 cm³/mol. The van der Waals surface area contributed by atoms with E-state index in [1.807, 2.05) is 11.4 Å². The molecule has 0 bridgehead atoms. The lowest BCUT2D eigenvalue weighted by molar-refractivity contribution is 0.631. The molecule has 2 aromatic rings. The minimum atomic E-state index is -0.209. The highest BCUT2D eigenvalue weighted by Gasteiger charge is 2.07. The molecule has 4 heteroatoms. The van der Waals surface area contributed by atoms with Crippen LogP contribution in [0.25, 0.3) is 11.1 Å². The van der Waals surface area contributed by atoms with E-state index in [1.54, 1.807) is 23.5 Å². The Kier molecular flexibility index (Phi) is 3.19. The zero-order chi connectivity index (χ0) is 10.8. The van der Waals surface area contributed by atoms with E-state index in [2.05, 4.69) is 15.9 Å². The average Bonchev–Trinajstić information content (AvgIpc) is 2.70. The van der Waals surface area contributed by atoms with E-state index in [9.17, 15) is 4.39 Å². The molecular formula is C11H9BrFNS. The molecule has 1 heterocycles. The second-order valence-electron chi connectivity index (χ2n) is 3.13. The van der Waals surface area contributed by atoms with Crippen LogP contribution in [-0.2, 0) is 6.54 Å². The highest BCUT2D eigenvalue weighted by Crippen LogP contribution is 2.29. The van der Waals surface area contributed by atoms with Crippen LogP contribution >= 0.6 is 27.3 Å². The van der Waals surface area contributed by atoms with Crippen molar-refractivity contribution in [1.29, 1.82) is 0 Å². The largest absolute Gasteiger partial charge is 0.326 e. The van der Waals surface area contributed by atoms with E-state index < -0.39 is 0 Å². The maximum atomic E-state index is 13.5. The third kappa shape index (κ3) is 2.27. The van der Waals surface area contributed by atoms with Crippen molar-refractivity contribution in [3.63, 3.8) is 0 Å². The van der Waals surface area contributed by atoms with Crippen LogP contribution in [0.1, 0.15) is 4.88 Å². The number of rotatable bonds is 2. The van der Waals surface area contributed by atoms with Crippen LogP contribution in [0.4, 0.5) is 4.39 Å². The Labute approximate surface area is 99.9 Å². The first-order valence-electron chi connectivity index (χ1n) is 4.43. The number of nitrogens with two attached hydrogens (primary N) is 1. The summed E-state index contributed by atoms with van der Waals surface area (Å²) in [6.45, 7) is 0.500. The maximum Gasteiger partial charge on any atom is 0.131 e. The lowest BCUT2D eigenvalue weighted by Crippen LogP contribution is -1.91. The van der Waals surface area contributed by atoms with Gasteiger partial charge in [0.2, 0.25) is 0 Å². The zero-order valence-corrected chi connectivity index (χ0v) is 10.2. The predicted octanol–water partition coefficient (Wildman–Crippen LogP) is 3.78. The zero-order valence-electron chi connectivity index (χ0n) is 7.84. The smallest absolute Gasteiger partial charge is 0.131 e. The van der Waals surface area contributed by atoms with Gasteiger partial charge in [-0.05, 0) is 35.2 Å². The fourth-order valence-electron chi connectivity index (χ4n) is 1.35. The summed E-state index contributed by atoms with van der Waals surface area (Å²) in [7, 11) is 0. The quantitative estimate of drug-likeness (QED) is 0.893. The standard InChI is InChI=1S/C11H9BrFNS/c12-8-1-2-11(13)10(4-8)7-3-9(5-14)15-6-7/h1-4,6H,5,14H2. The Morgan fingerprint density at radius 3 is 2.80 bits per heavy atom. The third-order valence-electron chi connectivity index (χ3n) is 2.09. The van der Waals surface area contributed by atoms with Gasteiger partial charge in [0, 0.05) is 21.5 Å². The molecule has 0 aliphatic rings. The molecule has 0 unspecified atom stereocenters. The van der Waals surface area contributed by atoms with Gasteiger partial charge in [-0.3, -0.25) is 0 Å². The van der Waals surface area contributed by atoms with Gasteiger partial charge in [0.15, 0.2) is 0 Å². The Balaban J connectivity index is 2.48. The van der Waals surface area contributed by atoms with Crippen LogP contribution in [-0.4, -0.2) is 0 Å². The van der Waals surface area contributed by atoms with Crippen molar-refractivity contribution < 1.29 is 4.39 Å². The third-order valence-corrected chi connectivity index (χ3v) is 3.55. The highest BCUT2D eigenvalue weighted by atomic mass is 79.9. The molecule has 0 radical (unpaired) electrons. The molecule has 1 nitrogen and oxygen atoms in total. The van der Waals surface area contributed by atoms with Crippen LogP contribution in [0, 0.1) is 5.82 Å². The van der Waals surface area contributed by atoms with Crippen molar-refractivity contribution in [1.82, 2.24) is 0 Å². The van der Waals surface area contributed by atoms with Crippen molar-refractivity contribution in [3.8, 4) is 11.1 Å². The van der Waals surface area contributed by atoms with Crippen molar-refractivity contribution >= 4 is 27.3 Å². The minimum absolute atomic E-state index is 0.209. The van der Waals surface area contributed by atoms with E-state index in [-0.39, 0.29) is 5.82 Å². The van der Waals surface area contributed by atoms with Crippen LogP contribution in [0.5, 0.6) is 0 Å². The first kappa shape index (κ1) is 10.8. The topological polar surface area (TPSA) is 26.0 Å². The molecule has 0 spiro atoms. The summed E-state index contributed by atoms with van der Waals surface area (Å²) in [6.07, 6.45) is 0. The molecule has 1 aromatic carbocycles. The Morgan fingerprint density at radius 2 is 2.13 bits per heavy atom. The van der Waals surface area contributed by atoms with Gasteiger partial charge < -0.3 is 5.73 Å². The SMILES string of the molecule is NCc1cc(-c2cc(Br)ccc2F)cs1. The average molecular weight is 286 g/mol. The van der Waals surface area contributed by atoms with Crippen molar-refractivity contribution in [3.05, 3.63) is 44.8 Å². The van der Waals surface area contributed by atoms with Crippen LogP contribution in [0.2, 0.25) is 0 Å². The number of halogens is 2. The van der Waals surface area contributed by atoms with E-state index >= 15 is 0 Å². The summed E-state index contributed by atoms with van der Waals surface area (Å²) in [4.78, 5) is 1.06. The number of benzene rings is 1. The molecule has 0 aliphatic carbocycles. The van der Waals surface area contributed by atoms with Gasteiger partial charge in [-0.15, -0.1) is 11.3 Å².